The molecule has 0 aliphatic rings. The van der Waals surface area contributed by atoms with Crippen LogP contribution < -0.4 is 0 Å². The fraction of sp³-hybridized carbons (Fsp3) is 0.143. The van der Waals surface area contributed by atoms with Gasteiger partial charge in [0.2, 0.25) is 0 Å². The van der Waals surface area contributed by atoms with Gasteiger partial charge in [-0.05, 0) is 19.1 Å². The van der Waals surface area contributed by atoms with E-state index < -0.39 is 0 Å². The molecule has 0 aromatic heterocycles. The fourth-order valence-corrected chi connectivity index (χ4v) is 0.294. The van der Waals surface area contributed by atoms with E-state index >= 15 is 0 Å². The van der Waals surface area contributed by atoms with Crippen LogP contribution in [0, 0.1) is 0 Å². The van der Waals surface area contributed by atoms with Gasteiger partial charge in [-0.3, -0.25) is 0 Å². The molecule has 0 fully saturated rings. The molecule has 2 nitrogen and oxygen atoms in total. The Bertz CT molecular complexity index is 154. The summed E-state index contributed by atoms with van der Waals surface area (Å²) in [7, 11) is 0. The summed E-state index contributed by atoms with van der Waals surface area (Å²) in [6.45, 7) is 4.96. The number of allylic oxidation sites excluding steroid dienone is 3. The molecule has 0 aromatic rings. The molecule has 0 heterocycles. The van der Waals surface area contributed by atoms with Gasteiger partial charge in [-0.2, -0.15) is 0 Å². The molecule has 0 amide bonds. The van der Waals surface area contributed by atoms with Gasteiger partial charge in [-0.15, -0.1) is 0 Å². The predicted octanol–water partition coefficient (Wildman–Crippen LogP) is 2.08. The van der Waals surface area contributed by atoms with Crippen molar-refractivity contribution >= 4 is 0 Å². The van der Waals surface area contributed by atoms with Crippen LogP contribution in [0.5, 0.6) is 0 Å². The van der Waals surface area contributed by atoms with E-state index in [1.54, 1.807) is 6.92 Å². The van der Waals surface area contributed by atoms with Crippen molar-refractivity contribution in [3.05, 3.63) is 36.3 Å². The summed E-state index contributed by atoms with van der Waals surface area (Å²) in [4.78, 5) is 0. The van der Waals surface area contributed by atoms with E-state index in [0.717, 1.165) is 0 Å². The molecule has 2 heteroatoms. The minimum absolute atomic E-state index is 0.0346. The normalized spacial score (nSPS) is 13.4. The zero-order valence-electron chi connectivity index (χ0n) is 5.33. The lowest BCUT2D eigenvalue weighted by Gasteiger charge is -1.88. The van der Waals surface area contributed by atoms with Gasteiger partial charge in [-0.25, -0.2) is 0 Å². The Hall–Kier alpha value is -1.18. The van der Waals surface area contributed by atoms with Gasteiger partial charge in [0.05, 0.1) is 0 Å². The van der Waals surface area contributed by atoms with Gasteiger partial charge in [0.25, 0.3) is 0 Å². The van der Waals surface area contributed by atoms with E-state index in [0.29, 0.717) is 0 Å². The van der Waals surface area contributed by atoms with Crippen LogP contribution in [0.3, 0.4) is 0 Å². The second-order valence-corrected chi connectivity index (χ2v) is 1.49. The Labute approximate surface area is 54.4 Å². The lowest BCUT2D eigenvalue weighted by Crippen LogP contribution is -1.76. The monoisotopic (exact) mass is 126 g/mol. The Morgan fingerprint density at radius 3 is 2.22 bits per heavy atom. The zero-order chi connectivity index (χ0) is 7.28. The standard InChI is InChI=1S/C7H10O2/c1-3-6(8)5-7(9)4-2/h3-5,8-9H,1H2,2H3/b6-5+,7-4+. The van der Waals surface area contributed by atoms with Gasteiger partial charge in [0, 0.05) is 6.08 Å². The molecular formula is C7H10O2. The van der Waals surface area contributed by atoms with E-state index in [-0.39, 0.29) is 11.5 Å². The smallest absolute Gasteiger partial charge is 0.118 e. The van der Waals surface area contributed by atoms with Crippen LogP contribution in [0.1, 0.15) is 6.92 Å². The number of rotatable bonds is 2. The lowest BCUT2D eigenvalue weighted by molar-refractivity contribution is 0.404. The fourth-order valence-electron chi connectivity index (χ4n) is 0.294. The second kappa shape index (κ2) is 3.78. The maximum Gasteiger partial charge on any atom is 0.118 e. The number of aliphatic hydroxyl groups excluding tert-OH is 2. The molecule has 0 saturated heterocycles. The van der Waals surface area contributed by atoms with Crippen molar-refractivity contribution in [3.63, 3.8) is 0 Å². The summed E-state index contributed by atoms with van der Waals surface area (Å²) in [5, 5.41) is 17.4. The summed E-state index contributed by atoms with van der Waals surface area (Å²) < 4.78 is 0. The van der Waals surface area contributed by atoms with Crippen molar-refractivity contribution in [1.29, 1.82) is 0 Å². The summed E-state index contributed by atoms with van der Waals surface area (Å²) in [6.07, 6.45) is 3.94. The minimum Gasteiger partial charge on any atom is -0.508 e. The summed E-state index contributed by atoms with van der Waals surface area (Å²) in [5.41, 5.74) is 0. The van der Waals surface area contributed by atoms with E-state index in [2.05, 4.69) is 6.58 Å². The Balaban J connectivity index is 4.11. The first-order chi connectivity index (χ1) is 4.20. The lowest BCUT2D eigenvalue weighted by atomic mass is 10.4. The van der Waals surface area contributed by atoms with Crippen molar-refractivity contribution in [2.75, 3.05) is 0 Å². The molecule has 0 spiro atoms. The van der Waals surface area contributed by atoms with Crippen LogP contribution in [0.2, 0.25) is 0 Å². The Morgan fingerprint density at radius 1 is 1.33 bits per heavy atom. The van der Waals surface area contributed by atoms with Gasteiger partial charge in [-0.1, -0.05) is 6.58 Å². The molecular weight excluding hydrogens is 116 g/mol. The molecule has 0 radical (unpaired) electrons. The largest absolute Gasteiger partial charge is 0.508 e. The van der Waals surface area contributed by atoms with Crippen molar-refractivity contribution in [2.24, 2.45) is 0 Å². The van der Waals surface area contributed by atoms with Crippen LogP contribution >= 0.6 is 0 Å². The zero-order valence-corrected chi connectivity index (χ0v) is 5.33. The number of aliphatic hydroxyl groups is 2. The topological polar surface area (TPSA) is 40.5 Å². The van der Waals surface area contributed by atoms with Crippen LogP contribution in [-0.2, 0) is 0 Å². The summed E-state index contributed by atoms with van der Waals surface area (Å²) in [5.74, 6) is -0.00185. The summed E-state index contributed by atoms with van der Waals surface area (Å²) in [6, 6.07) is 0. The van der Waals surface area contributed by atoms with Crippen molar-refractivity contribution in [2.45, 2.75) is 6.92 Å². The highest BCUT2D eigenvalue weighted by Gasteiger charge is 1.84. The Morgan fingerprint density at radius 2 is 1.89 bits per heavy atom. The van der Waals surface area contributed by atoms with Gasteiger partial charge >= 0.3 is 0 Å². The van der Waals surface area contributed by atoms with Crippen molar-refractivity contribution < 1.29 is 10.2 Å². The summed E-state index contributed by atoms with van der Waals surface area (Å²) >= 11 is 0. The Kier molecular flexibility index (Phi) is 3.28. The molecule has 0 aliphatic heterocycles. The van der Waals surface area contributed by atoms with E-state index in [1.165, 1.54) is 18.2 Å². The van der Waals surface area contributed by atoms with E-state index in [1.807, 2.05) is 0 Å². The van der Waals surface area contributed by atoms with E-state index in [4.69, 9.17) is 10.2 Å². The third kappa shape index (κ3) is 3.41. The predicted molar refractivity (Wildman–Crippen MR) is 37.3 cm³/mol. The second-order valence-electron chi connectivity index (χ2n) is 1.49. The molecule has 0 atom stereocenters. The average molecular weight is 126 g/mol. The van der Waals surface area contributed by atoms with Crippen LogP contribution in [0.25, 0.3) is 0 Å². The van der Waals surface area contributed by atoms with Crippen molar-refractivity contribution in [1.82, 2.24) is 0 Å². The van der Waals surface area contributed by atoms with Crippen molar-refractivity contribution in [3.8, 4) is 0 Å². The maximum atomic E-state index is 8.74. The van der Waals surface area contributed by atoms with Gasteiger partial charge in [0.1, 0.15) is 11.5 Å². The van der Waals surface area contributed by atoms with Crippen LogP contribution in [-0.4, -0.2) is 10.2 Å². The molecule has 2 N–H and O–H groups in total. The molecule has 0 aromatic carbocycles. The molecule has 0 saturated carbocycles. The third-order valence-corrected chi connectivity index (χ3v) is 0.801. The average Bonchev–Trinajstić information content (AvgIpc) is 1.87. The first kappa shape index (κ1) is 7.82. The molecule has 50 valence electrons. The highest BCUT2D eigenvalue weighted by molar-refractivity contribution is 5.18. The van der Waals surface area contributed by atoms with Crippen LogP contribution in [0.15, 0.2) is 36.3 Å². The van der Waals surface area contributed by atoms with Gasteiger partial charge < -0.3 is 10.2 Å². The first-order valence-corrected chi connectivity index (χ1v) is 2.59. The quantitative estimate of drug-likeness (QED) is 0.439. The molecule has 0 unspecified atom stereocenters. The highest BCUT2D eigenvalue weighted by Crippen LogP contribution is 1.95. The highest BCUT2D eigenvalue weighted by atomic mass is 16.3. The van der Waals surface area contributed by atoms with Gasteiger partial charge in [0.15, 0.2) is 0 Å². The first-order valence-electron chi connectivity index (χ1n) is 2.59. The maximum absolute atomic E-state index is 8.74. The SMILES string of the molecule is C=C/C(O)=C\C(O)=C/C. The minimum atomic E-state index is -0.0365. The number of hydrogen-bond acceptors (Lipinski definition) is 2. The number of hydrogen-bond donors (Lipinski definition) is 2. The van der Waals surface area contributed by atoms with E-state index in [9.17, 15) is 0 Å². The molecule has 0 bridgehead atoms. The molecule has 0 rings (SSSR count). The molecule has 9 heavy (non-hydrogen) atoms. The molecule has 0 aliphatic carbocycles. The van der Waals surface area contributed by atoms with Crippen LogP contribution in [0.4, 0.5) is 0 Å². The third-order valence-electron chi connectivity index (χ3n) is 0.801.